The average Bonchev–Trinajstić information content (AvgIpc) is 3.63. The first-order valence-corrected chi connectivity index (χ1v) is 22.0. The number of nitrogens with zero attached hydrogens (tertiary/aromatic N) is 2. The van der Waals surface area contributed by atoms with Gasteiger partial charge in [-0.25, -0.2) is 9.97 Å². The zero-order valence-corrected chi connectivity index (χ0v) is 34.4. The van der Waals surface area contributed by atoms with Gasteiger partial charge in [-0.1, -0.05) is 218 Å². The minimum absolute atomic E-state index is 0.499. The third kappa shape index (κ3) is 5.19. The van der Waals surface area contributed by atoms with Gasteiger partial charge >= 0.3 is 0 Å². The number of hydrogen-bond donors (Lipinski definition) is 0. The molecule has 11 aromatic rings. The van der Waals surface area contributed by atoms with Crippen molar-refractivity contribution in [1.82, 2.24) is 9.97 Å². The van der Waals surface area contributed by atoms with Crippen LogP contribution in [0.3, 0.4) is 0 Å². The third-order valence-electron chi connectivity index (χ3n) is 13.2. The molecule has 1 aromatic heterocycles. The van der Waals surface area contributed by atoms with Gasteiger partial charge in [-0.3, -0.25) is 0 Å². The van der Waals surface area contributed by atoms with Gasteiger partial charge in [0.2, 0.25) is 0 Å². The lowest BCUT2D eigenvalue weighted by molar-refractivity contribution is 0.729. The number of fused-ring (bicyclic) bond motifs is 14. The highest BCUT2D eigenvalue weighted by atomic mass is 32.2. The molecule has 0 saturated heterocycles. The minimum Gasteiger partial charge on any atom is -0.228 e. The van der Waals surface area contributed by atoms with E-state index in [4.69, 9.17) is 9.97 Å². The molecule has 0 radical (unpaired) electrons. The number of rotatable bonds is 4. The Morgan fingerprint density at radius 3 is 1.55 bits per heavy atom. The Kier molecular flexibility index (Phi) is 7.79. The van der Waals surface area contributed by atoms with Crippen molar-refractivity contribution >= 4 is 44.2 Å². The van der Waals surface area contributed by atoms with Crippen molar-refractivity contribution in [2.45, 2.75) is 15.2 Å². The van der Waals surface area contributed by atoms with E-state index in [-0.39, 0.29) is 0 Å². The molecule has 0 saturated carbocycles. The summed E-state index contributed by atoms with van der Waals surface area (Å²) < 4.78 is 0. The molecule has 13 rings (SSSR count). The molecule has 1 aliphatic carbocycles. The van der Waals surface area contributed by atoms with E-state index in [1.54, 1.807) is 0 Å². The maximum atomic E-state index is 5.25. The molecule has 1 spiro atoms. The predicted octanol–water partition coefficient (Wildman–Crippen LogP) is 15.4. The maximum absolute atomic E-state index is 5.25. The standard InChI is InChI=1S/C59H36N2S/c1-2-12-37(13-3-1)38-24-28-43(29-25-38)58-60-54-21-11-9-19-49(54)55(61-58)42-26-22-39(23-27-42)44-30-33-48-47-18-8-10-20-50(47)59(53(48)36-44)51-34-31-40-14-4-6-16-45(40)56(51)62-57-46-17-7-5-15-41(46)32-35-52(57)59/h1-36H. The summed E-state index contributed by atoms with van der Waals surface area (Å²) in [5.41, 5.74) is 16.1. The largest absolute Gasteiger partial charge is 0.228 e. The number of hydrogen-bond acceptors (Lipinski definition) is 3. The molecular weight excluding hydrogens is 769 g/mol. The Hall–Kier alpha value is -7.59. The number of benzene rings is 10. The lowest BCUT2D eigenvalue weighted by atomic mass is 9.66. The van der Waals surface area contributed by atoms with E-state index in [9.17, 15) is 0 Å². The van der Waals surface area contributed by atoms with Crippen molar-refractivity contribution < 1.29 is 0 Å². The van der Waals surface area contributed by atoms with Crippen LogP contribution < -0.4 is 0 Å². The summed E-state index contributed by atoms with van der Waals surface area (Å²) in [6.07, 6.45) is 0. The highest BCUT2D eigenvalue weighted by Gasteiger charge is 2.51. The van der Waals surface area contributed by atoms with Crippen LogP contribution in [-0.2, 0) is 5.41 Å². The molecule has 10 aromatic carbocycles. The van der Waals surface area contributed by atoms with Crippen molar-refractivity contribution in [3.63, 3.8) is 0 Å². The SMILES string of the molecule is c1ccc(-c2ccc(-c3nc(-c4ccc(-c5ccc6c(c5)C5(c7ccccc7-6)c6ccc7ccccc7c6Sc6c5ccc5ccccc65)cc4)c4ccccc4n3)cc2)cc1. The minimum atomic E-state index is -0.499. The van der Waals surface area contributed by atoms with E-state index in [0.29, 0.717) is 0 Å². The highest BCUT2D eigenvalue weighted by molar-refractivity contribution is 8.00. The van der Waals surface area contributed by atoms with Crippen LogP contribution in [0.4, 0.5) is 0 Å². The molecule has 0 bridgehead atoms. The van der Waals surface area contributed by atoms with Crippen LogP contribution in [0.2, 0.25) is 0 Å². The summed E-state index contributed by atoms with van der Waals surface area (Å²) in [6, 6.07) is 79.8. The Morgan fingerprint density at radius 1 is 0.323 bits per heavy atom. The fourth-order valence-electron chi connectivity index (χ4n) is 10.3. The molecule has 2 heterocycles. The Bertz CT molecular complexity index is 3510. The molecule has 0 amide bonds. The maximum Gasteiger partial charge on any atom is 0.160 e. The molecule has 0 atom stereocenters. The topological polar surface area (TPSA) is 25.8 Å². The van der Waals surface area contributed by atoms with Crippen molar-refractivity contribution in [2.24, 2.45) is 0 Å². The summed E-state index contributed by atoms with van der Waals surface area (Å²) in [5, 5.41) is 6.17. The van der Waals surface area contributed by atoms with Crippen molar-refractivity contribution in [1.29, 1.82) is 0 Å². The van der Waals surface area contributed by atoms with Crippen molar-refractivity contribution in [2.75, 3.05) is 0 Å². The van der Waals surface area contributed by atoms with E-state index in [1.165, 1.54) is 87.0 Å². The molecule has 0 unspecified atom stereocenters. The second-order valence-electron chi connectivity index (χ2n) is 16.4. The van der Waals surface area contributed by atoms with E-state index < -0.39 is 5.41 Å². The number of aromatic nitrogens is 2. The van der Waals surface area contributed by atoms with Gasteiger partial charge in [-0.05, 0) is 89.3 Å². The quantitative estimate of drug-likeness (QED) is 0.177. The summed E-state index contributed by atoms with van der Waals surface area (Å²) in [6.45, 7) is 0. The molecule has 288 valence electrons. The fourth-order valence-corrected chi connectivity index (χ4v) is 11.7. The van der Waals surface area contributed by atoms with Crippen LogP contribution in [0.15, 0.2) is 228 Å². The zero-order chi connectivity index (χ0) is 40.8. The van der Waals surface area contributed by atoms with E-state index in [0.717, 1.165) is 33.5 Å². The fraction of sp³-hybridized carbons (Fsp3) is 0.0169. The second-order valence-corrected chi connectivity index (χ2v) is 17.4. The van der Waals surface area contributed by atoms with Gasteiger partial charge in [-0.15, -0.1) is 0 Å². The van der Waals surface area contributed by atoms with Crippen LogP contribution in [0.25, 0.3) is 88.5 Å². The van der Waals surface area contributed by atoms with Gasteiger partial charge in [0.1, 0.15) is 0 Å². The van der Waals surface area contributed by atoms with E-state index in [1.807, 2.05) is 17.8 Å². The molecule has 2 aliphatic rings. The predicted molar refractivity (Wildman–Crippen MR) is 258 cm³/mol. The van der Waals surface area contributed by atoms with Crippen LogP contribution in [0, 0.1) is 0 Å². The van der Waals surface area contributed by atoms with Gasteiger partial charge in [0.05, 0.1) is 16.6 Å². The molecule has 0 N–H and O–H groups in total. The average molecular weight is 805 g/mol. The third-order valence-corrected chi connectivity index (χ3v) is 14.4. The number of para-hydroxylation sites is 1. The van der Waals surface area contributed by atoms with E-state index >= 15 is 0 Å². The molecule has 3 heteroatoms. The van der Waals surface area contributed by atoms with Crippen LogP contribution in [-0.4, -0.2) is 9.97 Å². The first-order chi connectivity index (χ1) is 30.7. The van der Waals surface area contributed by atoms with E-state index in [2.05, 4.69) is 212 Å². The second kappa shape index (κ2) is 13.7. The highest BCUT2D eigenvalue weighted by Crippen LogP contribution is 2.64. The normalized spacial score (nSPS) is 13.2. The summed E-state index contributed by atoms with van der Waals surface area (Å²) in [5.74, 6) is 0.720. The van der Waals surface area contributed by atoms with Gasteiger partial charge in [0.25, 0.3) is 0 Å². The van der Waals surface area contributed by atoms with Crippen molar-refractivity contribution in [3.8, 4) is 56.0 Å². The van der Waals surface area contributed by atoms with Crippen molar-refractivity contribution in [3.05, 3.63) is 241 Å². The van der Waals surface area contributed by atoms with Gasteiger partial charge in [-0.2, -0.15) is 0 Å². The first kappa shape index (κ1) is 35.2. The van der Waals surface area contributed by atoms with Crippen LogP contribution in [0.5, 0.6) is 0 Å². The Labute approximate surface area is 364 Å². The lowest BCUT2D eigenvalue weighted by Crippen LogP contribution is -2.32. The summed E-state index contributed by atoms with van der Waals surface area (Å²) in [4.78, 5) is 13.0. The molecular formula is C59H36N2S. The van der Waals surface area contributed by atoms with Gasteiger partial charge in [0, 0.05) is 26.3 Å². The summed E-state index contributed by atoms with van der Waals surface area (Å²) >= 11 is 1.94. The van der Waals surface area contributed by atoms with Gasteiger partial charge in [0.15, 0.2) is 5.82 Å². The van der Waals surface area contributed by atoms with Crippen LogP contribution in [0.1, 0.15) is 22.3 Å². The molecule has 0 fully saturated rings. The zero-order valence-electron chi connectivity index (χ0n) is 33.6. The molecule has 1 aliphatic heterocycles. The summed E-state index contributed by atoms with van der Waals surface area (Å²) in [7, 11) is 0. The monoisotopic (exact) mass is 804 g/mol. The first-order valence-electron chi connectivity index (χ1n) is 21.2. The lowest BCUT2D eigenvalue weighted by Gasteiger charge is -2.40. The Morgan fingerprint density at radius 2 is 0.839 bits per heavy atom. The Balaban J connectivity index is 0.964. The smallest absolute Gasteiger partial charge is 0.160 e. The van der Waals surface area contributed by atoms with Crippen LogP contribution >= 0.6 is 11.8 Å². The van der Waals surface area contributed by atoms with Gasteiger partial charge < -0.3 is 0 Å². The molecule has 2 nitrogen and oxygen atoms in total. The molecule has 62 heavy (non-hydrogen) atoms.